The number of nitrogens with zero attached hydrogens (tertiary/aromatic N) is 1. The Morgan fingerprint density at radius 3 is 2.88 bits per heavy atom. The first-order valence-electron chi connectivity index (χ1n) is 9.41. The Morgan fingerprint density at radius 2 is 2.04 bits per heavy atom. The summed E-state index contributed by atoms with van der Waals surface area (Å²) in [5, 5.41) is 8.85. The molecule has 2 aliphatic rings. The minimum Gasteiger partial charge on any atom is -0.357 e. The van der Waals surface area contributed by atoms with Gasteiger partial charge in [0.05, 0.1) is 6.04 Å². The fourth-order valence-electron chi connectivity index (χ4n) is 4.19. The molecule has 0 unspecified atom stereocenters. The van der Waals surface area contributed by atoms with Crippen LogP contribution >= 0.6 is 0 Å². The van der Waals surface area contributed by atoms with Crippen molar-refractivity contribution in [3.8, 4) is 0 Å². The second kappa shape index (κ2) is 7.00. The summed E-state index contributed by atoms with van der Waals surface area (Å²) in [6.07, 6.45) is 8.88. The van der Waals surface area contributed by atoms with Gasteiger partial charge in [-0.05, 0) is 43.7 Å². The number of H-pyrrole nitrogens is 1. The van der Waals surface area contributed by atoms with Crippen molar-refractivity contribution in [2.45, 2.75) is 57.5 Å². The summed E-state index contributed by atoms with van der Waals surface area (Å²) < 4.78 is 0. The lowest BCUT2D eigenvalue weighted by atomic mass is 9.90. The van der Waals surface area contributed by atoms with E-state index in [0.717, 1.165) is 5.52 Å². The predicted molar refractivity (Wildman–Crippen MR) is 101 cm³/mol. The van der Waals surface area contributed by atoms with Crippen molar-refractivity contribution in [2.24, 2.45) is 11.0 Å². The number of para-hydroxylation sites is 1. The van der Waals surface area contributed by atoms with Gasteiger partial charge in [-0.1, -0.05) is 37.5 Å². The molecule has 4 rings (SSSR count). The molecule has 0 bridgehead atoms. The van der Waals surface area contributed by atoms with E-state index < -0.39 is 0 Å². The molecule has 1 aromatic carbocycles. The molecular weight excluding hydrogens is 312 g/mol. The van der Waals surface area contributed by atoms with E-state index in [1.807, 2.05) is 18.3 Å². The first-order chi connectivity index (χ1) is 12.2. The number of aromatic nitrogens is 1. The number of amides is 1. The first-order valence-corrected chi connectivity index (χ1v) is 9.41. The molecule has 2 aromatic rings. The van der Waals surface area contributed by atoms with Crippen LogP contribution in [-0.4, -0.2) is 23.1 Å². The number of fused-ring (bicyclic) bond motifs is 3. The summed E-state index contributed by atoms with van der Waals surface area (Å²) in [7, 11) is 0. The minimum atomic E-state index is -0.245. The van der Waals surface area contributed by atoms with Crippen LogP contribution in [0, 0.1) is 5.92 Å². The second-order valence-electron chi connectivity index (χ2n) is 7.36. The van der Waals surface area contributed by atoms with Gasteiger partial charge in [0, 0.05) is 28.9 Å². The maximum atomic E-state index is 12.6. The predicted octanol–water partition coefficient (Wildman–Crippen LogP) is 3.43. The summed E-state index contributed by atoms with van der Waals surface area (Å²) >= 11 is 0. The summed E-state index contributed by atoms with van der Waals surface area (Å²) in [6, 6.07) is 8.17. The van der Waals surface area contributed by atoms with Gasteiger partial charge in [0.1, 0.15) is 0 Å². The highest BCUT2D eigenvalue weighted by molar-refractivity contribution is 5.88. The summed E-state index contributed by atoms with van der Waals surface area (Å²) in [6.45, 7) is 2.10. The third-order valence-corrected chi connectivity index (χ3v) is 5.57. The van der Waals surface area contributed by atoms with Crippen LogP contribution in [-0.2, 0) is 11.2 Å². The van der Waals surface area contributed by atoms with Crippen LogP contribution in [0.4, 0.5) is 0 Å². The van der Waals surface area contributed by atoms with Crippen LogP contribution in [0.1, 0.15) is 56.3 Å². The van der Waals surface area contributed by atoms with Gasteiger partial charge >= 0.3 is 0 Å². The van der Waals surface area contributed by atoms with E-state index in [1.54, 1.807) is 0 Å². The molecule has 5 heteroatoms. The average molecular weight is 338 g/mol. The number of hydrazone groups is 1. The molecule has 5 nitrogen and oxygen atoms in total. The largest absolute Gasteiger partial charge is 0.357 e. The number of rotatable bonds is 3. The van der Waals surface area contributed by atoms with Crippen LogP contribution < -0.4 is 10.7 Å². The highest BCUT2D eigenvalue weighted by Crippen LogP contribution is 2.31. The van der Waals surface area contributed by atoms with Gasteiger partial charge in [-0.3, -0.25) is 10.1 Å². The van der Waals surface area contributed by atoms with E-state index in [9.17, 15) is 4.79 Å². The number of hydrogen-bond donors (Lipinski definition) is 3. The molecule has 1 amide bonds. The Kier molecular flexibility index (Phi) is 4.57. The van der Waals surface area contributed by atoms with E-state index in [-0.39, 0.29) is 18.0 Å². The van der Waals surface area contributed by atoms with Crippen molar-refractivity contribution >= 4 is 23.0 Å². The molecule has 1 aromatic heterocycles. The third-order valence-electron chi connectivity index (χ3n) is 5.57. The standard InChI is InChI=1S/C20H26N4O/c1-13-19-16(15-9-5-6-10-17(15)23-19)11-18(22-13)20(25)24-21-12-14-7-3-2-4-8-14/h5-6,9-10,12-14,18,22-23H,2-4,7-8,11H2,1H3,(H,24,25)/b21-12+/t13-,18-/m0/s1. The molecule has 1 fully saturated rings. The van der Waals surface area contributed by atoms with E-state index in [4.69, 9.17) is 0 Å². The average Bonchev–Trinajstić information content (AvgIpc) is 3.02. The minimum absolute atomic E-state index is 0.0464. The Hall–Kier alpha value is -2.14. The van der Waals surface area contributed by atoms with Gasteiger partial charge in [0.2, 0.25) is 0 Å². The topological polar surface area (TPSA) is 69.3 Å². The highest BCUT2D eigenvalue weighted by atomic mass is 16.2. The fourth-order valence-corrected chi connectivity index (χ4v) is 4.19. The molecule has 25 heavy (non-hydrogen) atoms. The lowest BCUT2D eigenvalue weighted by Crippen LogP contribution is -2.47. The third kappa shape index (κ3) is 3.33. The molecule has 132 valence electrons. The second-order valence-corrected chi connectivity index (χ2v) is 7.36. The molecule has 2 heterocycles. The number of carbonyl (C=O) groups is 1. The summed E-state index contributed by atoms with van der Waals surface area (Å²) in [5.41, 5.74) is 6.32. The Morgan fingerprint density at radius 1 is 1.24 bits per heavy atom. The van der Waals surface area contributed by atoms with Gasteiger partial charge in [-0.2, -0.15) is 5.10 Å². The van der Waals surface area contributed by atoms with E-state index in [0.29, 0.717) is 12.3 Å². The lowest BCUT2D eigenvalue weighted by Gasteiger charge is -2.28. The van der Waals surface area contributed by atoms with Gasteiger partial charge in [0.15, 0.2) is 0 Å². The van der Waals surface area contributed by atoms with E-state index in [2.05, 4.69) is 39.9 Å². The molecule has 1 aliphatic carbocycles. The number of aromatic amines is 1. The van der Waals surface area contributed by atoms with Crippen molar-refractivity contribution in [1.29, 1.82) is 0 Å². The smallest absolute Gasteiger partial charge is 0.257 e. The quantitative estimate of drug-likeness (QED) is 0.593. The maximum Gasteiger partial charge on any atom is 0.257 e. The molecular formula is C20H26N4O. The monoisotopic (exact) mass is 338 g/mol. The Balaban J connectivity index is 1.45. The van der Waals surface area contributed by atoms with E-state index >= 15 is 0 Å². The van der Waals surface area contributed by atoms with Crippen LogP contribution in [0.2, 0.25) is 0 Å². The van der Waals surface area contributed by atoms with Crippen molar-refractivity contribution < 1.29 is 4.79 Å². The fraction of sp³-hybridized carbons (Fsp3) is 0.500. The zero-order valence-corrected chi connectivity index (χ0v) is 14.7. The van der Waals surface area contributed by atoms with Gasteiger partial charge in [-0.25, -0.2) is 5.43 Å². The zero-order valence-electron chi connectivity index (χ0n) is 14.7. The molecule has 0 saturated heterocycles. The number of nitrogens with one attached hydrogen (secondary N) is 3. The van der Waals surface area contributed by atoms with E-state index in [1.165, 1.54) is 48.7 Å². The zero-order chi connectivity index (χ0) is 17.2. The summed E-state index contributed by atoms with van der Waals surface area (Å²) in [5.74, 6) is 0.474. The molecule has 2 atom stereocenters. The maximum absolute atomic E-state index is 12.6. The van der Waals surface area contributed by atoms with Crippen molar-refractivity contribution in [1.82, 2.24) is 15.7 Å². The molecule has 1 saturated carbocycles. The molecule has 3 N–H and O–H groups in total. The van der Waals surface area contributed by atoms with Crippen LogP contribution in [0.25, 0.3) is 10.9 Å². The van der Waals surface area contributed by atoms with Crippen LogP contribution in [0.5, 0.6) is 0 Å². The van der Waals surface area contributed by atoms with Crippen molar-refractivity contribution in [3.05, 3.63) is 35.5 Å². The highest BCUT2D eigenvalue weighted by Gasteiger charge is 2.30. The normalized spacial score (nSPS) is 24.5. The van der Waals surface area contributed by atoms with Gasteiger partial charge in [-0.15, -0.1) is 0 Å². The van der Waals surface area contributed by atoms with Crippen LogP contribution in [0.3, 0.4) is 0 Å². The van der Waals surface area contributed by atoms with Gasteiger partial charge in [0.25, 0.3) is 5.91 Å². The Labute approximate surface area is 148 Å². The van der Waals surface area contributed by atoms with Crippen molar-refractivity contribution in [3.63, 3.8) is 0 Å². The molecule has 1 aliphatic heterocycles. The van der Waals surface area contributed by atoms with Crippen molar-refractivity contribution in [2.75, 3.05) is 0 Å². The first kappa shape index (κ1) is 16.3. The van der Waals surface area contributed by atoms with Crippen LogP contribution in [0.15, 0.2) is 29.4 Å². The SMILES string of the molecule is C[C@@H]1N[C@H](C(=O)N/N=C/C2CCCCC2)Cc2c1[nH]c1ccccc21. The summed E-state index contributed by atoms with van der Waals surface area (Å²) in [4.78, 5) is 16.0. The number of benzene rings is 1. The number of hydrogen-bond acceptors (Lipinski definition) is 3. The number of carbonyl (C=O) groups excluding carboxylic acids is 1. The van der Waals surface area contributed by atoms with Gasteiger partial charge < -0.3 is 4.98 Å². The Bertz CT molecular complexity index is 788. The molecule has 0 spiro atoms. The molecule has 0 radical (unpaired) electrons. The lowest BCUT2D eigenvalue weighted by molar-refractivity contribution is -0.123.